The molecule has 0 radical (unpaired) electrons. The molecule has 0 aromatic heterocycles. The number of carbonyl (C=O) groups is 1. The van der Waals surface area contributed by atoms with Gasteiger partial charge in [0.1, 0.15) is 0 Å². The van der Waals surface area contributed by atoms with Gasteiger partial charge in [-0.25, -0.2) is 0 Å². The Balaban J connectivity index is 2.17. The van der Waals surface area contributed by atoms with Crippen LogP contribution in [0.4, 0.5) is 13.2 Å². The molecule has 2 unspecified atom stereocenters. The SMILES string of the molecule is CN(Cc1ccccc1C(F)(F)F)C1COCC1C(=O)O. The molecule has 0 spiro atoms. The maximum Gasteiger partial charge on any atom is 0.416 e. The predicted octanol–water partition coefficient (Wildman–Crippen LogP) is 2.24. The number of likely N-dealkylation sites (N-methyl/N-ethyl adjacent to an activating group) is 1. The average molecular weight is 303 g/mol. The summed E-state index contributed by atoms with van der Waals surface area (Å²) in [6.45, 7) is 0.320. The highest BCUT2D eigenvalue weighted by atomic mass is 19.4. The van der Waals surface area contributed by atoms with Crippen LogP contribution in [-0.4, -0.2) is 42.3 Å². The van der Waals surface area contributed by atoms with E-state index in [0.717, 1.165) is 6.07 Å². The topological polar surface area (TPSA) is 49.8 Å². The van der Waals surface area contributed by atoms with Crippen LogP contribution in [0, 0.1) is 5.92 Å². The number of hydrogen-bond donors (Lipinski definition) is 1. The smallest absolute Gasteiger partial charge is 0.416 e. The van der Waals surface area contributed by atoms with E-state index >= 15 is 0 Å². The summed E-state index contributed by atoms with van der Waals surface area (Å²) in [4.78, 5) is 12.7. The number of aliphatic carboxylic acids is 1. The Bertz CT molecular complexity index is 518. The highest BCUT2D eigenvalue weighted by Gasteiger charge is 2.38. The molecule has 1 aromatic rings. The zero-order chi connectivity index (χ0) is 15.6. The molecule has 1 saturated heterocycles. The fourth-order valence-electron chi connectivity index (χ4n) is 2.53. The summed E-state index contributed by atoms with van der Waals surface area (Å²) in [7, 11) is 1.61. The van der Waals surface area contributed by atoms with E-state index in [4.69, 9.17) is 9.84 Å². The molecule has 0 bridgehead atoms. The van der Waals surface area contributed by atoms with Crippen molar-refractivity contribution in [2.45, 2.75) is 18.8 Å². The summed E-state index contributed by atoms with van der Waals surface area (Å²) >= 11 is 0. The Morgan fingerprint density at radius 2 is 2.05 bits per heavy atom. The average Bonchev–Trinajstić information content (AvgIpc) is 2.87. The fraction of sp³-hybridized carbons (Fsp3) is 0.500. The monoisotopic (exact) mass is 303 g/mol. The van der Waals surface area contributed by atoms with Crippen LogP contribution in [0.1, 0.15) is 11.1 Å². The first-order chi connectivity index (χ1) is 9.80. The molecule has 1 N–H and O–H groups in total. The standard InChI is InChI=1S/C14H16F3NO3/c1-18(12-8-21-7-10(12)13(19)20)6-9-4-2-3-5-11(9)14(15,16)17/h2-5,10,12H,6-8H2,1H3,(H,19,20). The van der Waals surface area contributed by atoms with Crippen molar-refractivity contribution in [1.82, 2.24) is 4.90 Å². The molecule has 1 aliphatic rings. The van der Waals surface area contributed by atoms with Crippen LogP contribution in [0.25, 0.3) is 0 Å². The lowest BCUT2D eigenvalue weighted by atomic mass is 10.0. The van der Waals surface area contributed by atoms with Gasteiger partial charge in [-0.15, -0.1) is 0 Å². The molecule has 116 valence electrons. The van der Waals surface area contributed by atoms with Gasteiger partial charge in [0.15, 0.2) is 0 Å². The molecule has 1 aromatic carbocycles. The number of nitrogens with zero attached hydrogens (tertiary/aromatic N) is 1. The minimum absolute atomic E-state index is 0.0213. The van der Waals surface area contributed by atoms with Crippen LogP contribution in [0.5, 0.6) is 0 Å². The largest absolute Gasteiger partial charge is 0.481 e. The van der Waals surface area contributed by atoms with Crippen LogP contribution < -0.4 is 0 Å². The van der Waals surface area contributed by atoms with Crippen molar-refractivity contribution in [2.24, 2.45) is 5.92 Å². The van der Waals surface area contributed by atoms with Crippen LogP contribution in [0.15, 0.2) is 24.3 Å². The van der Waals surface area contributed by atoms with E-state index in [0.29, 0.717) is 0 Å². The van der Waals surface area contributed by atoms with Gasteiger partial charge in [-0.1, -0.05) is 18.2 Å². The van der Waals surface area contributed by atoms with Crippen LogP contribution in [0.2, 0.25) is 0 Å². The molecule has 1 aliphatic heterocycles. The number of carboxylic acids is 1. The summed E-state index contributed by atoms with van der Waals surface area (Å²) in [6, 6.07) is 4.89. The number of ether oxygens (including phenoxy) is 1. The second-order valence-electron chi connectivity index (χ2n) is 5.12. The number of carboxylic acid groups (broad SMARTS) is 1. The zero-order valence-electron chi connectivity index (χ0n) is 11.4. The molecule has 2 atom stereocenters. The van der Waals surface area contributed by atoms with Gasteiger partial charge >= 0.3 is 12.1 Å². The number of rotatable bonds is 4. The molecule has 21 heavy (non-hydrogen) atoms. The lowest BCUT2D eigenvalue weighted by molar-refractivity contribution is -0.143. The van der Waals surface area contributed by atoms with E-state index in [-0.39, 0.29) is 25.3 Å². The minimum Gasteiger partial charge on any atom is -0.481 e. The van der Waals surface area contributed by atoms with E-state index in [1.165, 1.54) is 18.2 Å². The Hall–Kier alpha value is -1.60. The van der Waals surface area contributed by atoms with Crippen molar-refractivity contribution in [1.29, 1.82) is 0 Å². The quantitative estimate of drug-likeness (QED) is 0.927. The van der Waals surface area contributed by atoms with Crippen molar-refractivity contribution in [3.63, 3.8) is 0 Å². The van der Waals surface area contributed by atoms with Gasteiger partial charge in [-0.3, -0.25) is 9.69 Å². The van der Waals surface area contributed by atoms with Gasteiger partial charge in [0.05, 0.1) is 24.7 Å². The summed E-state index contributed by atoms with van der Waals surface area (Å²) in [5.74, 6) is -1.71. The number of halogens is 3. The van der Waals surface area contributed by atoms with Crippen molar-refractivity contribution < 1.29 is 27.8 Å². The molecule has 1 heterocycles. The molecular formula is C14H16F3NO3. The number of hydrogen-bond acceptors (Lipinski definition) is 3. The number of alkyl halides is 3. The van der Waals surface area contributed by atoms with Gasteiger partial charge < -0.3 is 9.84 Å². The lowest BCUT2D eigenvalue weighted by Crippen LogP contribution is -2.40. The predicted molar refractivity (Wildman–Crippen MR) is 68.6 cm³/mol. The lowest BCUT2D eigenvalue weighted by Gasteiger charge is -2.27. The first-order valence-corrected chi connectivity index (χ1v) is 6.46. The second-order valence-corrected chi connectivity index (χ2v) is 5.12. The highest BCUT2D eigenvalue weighted by Crippen LogP contribution is 2.33. The van der Waals surface area contributed by atoms with Crippen LogP contribution in [-0.2, 0) is 22.3 Å². The molecule has 0 aliphatic carbocycles. The molecule has 7 heteroatoms. The van der Waals surface area contributed by atoms with Gasteiger partial charge in [0, 0.05) is 12.6 Å². The number of benzene rings is 1. The second kappa shape index (κ2) is 6.03. The summed E-state index contributed by atoms with van der Waals surface area (Å²) in [5, 5.41) is 9.10. The van der Waals surface area contributed by atoms with E-state index in [1.54, 1.807) is 11.9 Å². The summed E-state index contributed by atoms with van der Waals surface area (Å²) < 4.78 is 44.0. The normalized spacial score (nSPS) is 22.7. The Kier molecular flexibility index (Phi) is 4.53. The molecule has 4 nitrogen and oxygen atoms in total. The first kappa shape index (κ1) is 15.8. The van der Waals surface area contributed by atoms with Gasteiger partial charge in [0.2, 0.25) is 0 Å². The van der Waals surface area contributed by atoms with Gasteiger partial charge in [0.25, 0.3) is 0 Å². The maximum absolute atomic E-state index is 12.9. The summed E-state index contributed by atoms with van der Waals surface area (Å²) in [6.07, 6.45) is -4.42. The van der Waals surface area contributed by atoms with E-state index in [2.05, 4.69) is 0 Å². The Morgan fingerprint density at radius 3 is 2.67 bits per heavy atom. The molecule has 1 fully saturated rings. The zero-order valence-corrected chi connectivity index (χ0v) is 11.4. The third-order valence-electron chi connectivity index (χ3n) is 3.68. The van der Waals surface area contributed by atoms with Gasteiger partial charge in [-0.2, -0.15) is 13.2 Å². The Morgan fingerprint density at radius 1 is 1.38 bits per heavy atom. The fourth-order valence-corrected chi connectivity index (χ4v) is 2.53. The van der Waals surface area contributed by atoms with Gasteiger partial charge in [-0.05, 0) is 18.7 Å². The van der Waals surface area contributed by atoms with E-state index in [9.17, 15) is 18.0 Å². The van der Waals surface area contributed by atoms with Crippen LogP contribution >= 0.6 is 0 Å². The molecule has 0 saturated carbocycles. The van der Waals surface area contributed by atoms with Crippen molar-refractivity contribution in [3.05, 3.63) is 35.4 Å². The van der Waals surface area contributed by atoms with Crippen molar-refractivity contribution in [2.75, 3.05) is 20.3 Å². The van der Waals surface area contributed by atoms with E-state index < -0.39 is 29.7 Å². The third-order valence-corrected chi connectivity index (χ3v) is 3.68. The highest BCUT2D eigenvalue weighted by molar-refractivity contribution is 5.71. The molecule has 0 amide bonds. The Labute approximate surface area is 120 Å². The third kappa shape index (κ3) is 3.54. The first-order valence-electron chi connectivity index (χ1n) is 6.46. The maximum atomic E-state index is 12.9. The van der Waals surface area contributed by atoms with Crippen LogP contribution in [0.3, 0.4) is 0 Å². The van der Waals surface area contributed by atoms with Crippen molar-refractivity contribution >= 4 is 5.97 Å². The van der Waals surface area contributed by atoms with Crippen molar-refractivity contribution in [3.8, 4) is 0 Å². The molecule has 2 rings (SSSR count). The minimum atomic E-state index is -4.42. The van der Waals surface area contributed by atoms with E-state index in [1.807, 2.05) is 0 Å². The molecular weight excluding hydrogens is 287 g/mol. The summed E-state index contributed by atoms with van der Waals surface area (Å²) in [5.41, 5.74) is -0.564.